The van der Waals surface area contributed by atoms with Crippen LogP contribution in [0.2, 0.25) is 0 Å². The number of nitrogens with two attached hydrogens (primary N) is 2. The highest BCUT2D eigenvalue weighted by molar-refractivity contribution is 7.89. The van der Waals surface area contributed by atoms with E-state index < -0.39 is 10.0 Å². The number of anilines is 2. The summed E-state index contributed by atoms with van der Waals surface area (Å²) in [5.41, 5.74) is 7.38. The van der Waals surface area contributed by atoms with Crippen molar-refractivity contribution in [1.29, 1.82) is 0 Å². The van der Waals surface area contributed by atoms with Crippen LogP contribution in [0.15, 0.2) is 23.1 Å². The second-order valence-electron chi connectivity index (χ2n) is 5.41. The van der Waals surface area contributed by atoms with Crippen molar-refractivity contribution in [2.24, 2.45) is 11.1 Å². The predicted octanol–water partition coefficient (Wildman–Crippen LogP) is 1.54. The molecule has 0 radical (unpaired) electrons. The Morgan fingerprint density at radius 1 is 1.37 bits per heavy atom. The molecule has 0 aliphatic carbocycles. The highest BCUT2D eigenvalue weighted by Crippen LogP contribution is 2.34. The minimum Gasteiger partial charge on any atom is -0.397 e. The molecule has 1 atom stereocenters. The maximum absolute atomic E-state index is 11.4. The number of hydrogen-bond acceptors (Lipinski definition) is 4. The SMILES string of the molecule is CC(C)C1CCCN1c1cc(S(N)(=O)=O)ccc1N. The van der Waals surface area contributed by atoms with Crippen molar-refractivity contribution in [2.45, 2.75) is 37.6 Å². The smallest absolute Gasteiger partial charge is 0.238 e. The molecule has 19 heavy (non-hydrogen) atoms. The van der Waals surface area contributed by atoms with Gasteiger partial charge in [-0.3, -0.25) is 0 Å². The molecule has 1 heterocycles. The summed E-state index contributed by atoms with van der Waals surface area (Å²) in [5.74, 6) is 0.500. The minimum absolute atomic E-state index is 0.117. The lowest BCUT2D eigenvalue weighted by atomic mass is 10.0. The summed E-state index contributed by atoms with van der Waals surface area (Å²) in [6.07, 6.45) is 2.21. The second-order valence-corrected chi connectivity index (χ2v) is 6.97. The summed E-state index contributed by atoms with van der Waals surface area (Å²) in [6.45, 7) is 5.24. The van der Waals surface area contributed by atoms with Gasteiger partial charge in [0.05, 0.1) is 16.3 Å². The van der Waals surface area contributed by atoms with E-state index in [0.717, 1.165) is 25.1 Å². The lowest BCUT2D eigenvalue weighted by Gasteiger charge is -2.31. The van der Waals surface area contributed by atoms with Crippen molar-refractivity contribution in [3.8, 4) is 0 Å². The van der Waals surface area contributed by atoms with E-state index in [9.17, 15) is 8.42 Å². The third-order valence-electron chi connectivity index (χ3n) is 3.71. The van der Waals surface area contributed by atoms with E-state index in [0.29, 0.717) is 17.6 Å². The molecule has 1 unspecified atom stereocenters. The number of nitrogens with zero attached hydrogens (tertiary/aromatic N) is 1. The molecule has 1 aromatic carbocycles. The number of sulfonamides is 1. The van der Waals surface area contributed by atoms with Gasteiger partial charge in [0.2, 0.25) is 10.0 Å². The molecule has 2 rings (SSSR count). The highest BCUT2D eigenvalue weighted by atomic mass is 32.2. The quantitative estimate of drug-likeness (QED) is 0.823. The van der Waals surface area contributed by atoms with E-state index in [2.05, 4.69) is 18.7 Å². The largest absolute Gasteiger partial charge is 0.397 e. The normalized spacial score (nSPS) is 20.2. The van der Waals surface area contributed by atoms with Gasteiger partial charge < -0.3 is 10.6 Å². The summed E-state index contributed by atoms with van der Waals surface area (Å²) >= 11 is 0. The fraction of sp³-hybridized carbons (Fsp3) is 0.538. The van der Waals surface area contributed by atoms with Gasteiger partial charge in [-0.1, -0.05) is 13.8 Å². The van der Waals surface area contributed by atoms with Crippen molar-refractivity contribution in [3.63, 3.8) is 0 Å². The molecular formula is C13H21N3O2S. The fourth-order valence-corrected chi connectivity index (χ4v) is 3.27. The number of rotatable bonds is 3. The Balaban J connectivity index is 2.44. The van der Waals surface area contributed by atoms with Crippen LogP contribution in [-0.4, -0.2) is 21.0 Å². The average molecular weight is 283 g/mol. The zero-order valence-corrected chi connectivity index (χ0v) is 12.2. The van der Waals surface area contributed by atoms with Crippen molar-refractivity contribution < 1.29 is 8.42 Å². The highest BCUT2D eigenvalue weighted by Gasteiger charge is 2.29. The first kappa shape index (κ1) is 14.1. The second kappa shape index (κ2) is 5.02. The lowest BCUT2D eigenvalue weighted by Crippen LogP contribution is -2.34. The number of hydrogen-bond donors (Lipinski definition) is 2. The third kappa shape index (κ3) is 2.84. The molecule has 106 valence electrons. The zero-order chi connectivity index (χ0) is 14.2. The molecule has 1 aliphatic heterocycles. The van der Waals surface area contributed by atoms with Crippen LogP contribution in [0.25, 0.3) is 0 Å². The molecule has 0 amide bonds. The maximum atomic E-state index is 11.4. The first-order valence-corrected chi connectivity index (χ1v) is 8.04. The first-order valence-electron chi connectivity index (χ1n) is 6.49. The summed E-state index contributed by atoms with van der Waals surface area (Å²) in [5, 5.41) is 5.18. The molecule has 6 heteroatoms. The Labute approximate surface area is 114 Å². The number of benzene rings is 1. The van der Waals surface area contributed by atoms with Crippen molar-refractivity contribution in [2.75, 3.05) is 17.2 Å². The Morgan fingerprint density at radius 3 is 2.63 bits per heavy atom. The van der Waals surface area contributed by atoms with E-state index in [1.807, 2.05) is 0 Å². The van der Waals surface area contributed by atoms with Gasteiger partial charge in [-0.15, -0.1) is 0 Å². The molecule has 5 nitrogen and oxygen atoms in total. The van der Waals surface area contributed by atoms with E-state index in [-0.39, 0.29) is 4.90 Å². The molecule has 1 aromatic rings. The lowest BCUT2D eigenvalue weighted by molar-refractivity contribution is 0.492. The van der Waals surface area contributed by atoms with Gasteiger partial charge in [0.1, 0.15) is 0 Å². The van der Waals surface area contributed by atoms with Crippen LogP contribution in [0.5, 0.6) is 0 Å². The summed E-state index contributed by atoms with van der Waals surface area (Å²) in [6, 6.07) is 5.06. The fourth-order valence-electron chi connectivity index (χ4n) is 2.73. The van der Waals surface area contributed by atoms with Crippen LogP contribution in [0.3, 0.4) is 0 Å². The van der Waals surface area contributed by atoms with Gasteiger partial charge in [-0.2, -0.15) is 0 Å². The van der Waals surface area contributed by atoms with E-state index >= 15 is 0 Å². The van der Waals surface area contributed by atoms with Gasteiger partial charge in [0.25, 0.3) is 0 Å². The van der Waals surface area contributed by atoms with Crippen LogP contribution in [0, 0.1) is 5.92 Å². The van der Waals surface area contributed by atoms with Gasteiger partial charge >= 0.3 is 0 Å². The third-order valence-corrected chi connectivity index (χ3v) is 4.62. The molecular weight excluding hydrogens is 262 g/mol. The summed E-state index contributed by atoms with van der Waals surface area (Å²) in [4.78, 5) is 2.32. The Bertz CT molecular complexity index is 569. The van der Waals surface area contributed by atoms with Crippen LogP contribution < -0.4 is 15.8 Å². The van der Waals surface area contributed by atoms with Crippen LogP contribution in [-0.2, 0) is 10.0 Å². The van der Waals surface area contributed by atoms with Gasteiger partial charge in [-0.25, -0.2) is 13.6 Å². The Kier molecular flexibility index (Phi) is 3.73. The van der Waals surface area contributed by atoms with E-state index in [4.69, 9.17) is 10.9 Å². The molecule has 1 aliphatic rings. The topological polar surface area (TPSA) is 89.4 Å². The molecule has 0 aromatic heterocycles. The zero-order valence-electron chi connectivity index (χ0n) is 11.3. The molecule has 0 bridgehead atoms. The van der Waals surface area contributed by atoms with Gasteiger partial charge in [0, 0.05) is 12.6 Å². The predicted molar refractivity (Wildman–Crippen MR) is 77.4 cm³/mol. The molecule has 1 fully saturated rings. The average Bonchev–Trinajstić information content (AvgIpc) is 2.76. The monoisotopic (exact) mass is 283 g/mol. The Hall–Kier alpha value is -1.27. The van der Waals surface area contributed by atoms with E-state index in [1.165, 1.54) is 6.07 Å². The summed E-state index contributed by atoms with van der Waals surface area (Å²) in [7, 11) is -3.69. The Morgan fingerprint density at radius 2 is 2.05 bits per heavy atom. The summed E-state index contributed by atoms with van der Waals surface area (Å²) < 4.78 is 22.9. The molecule has 4 N–H and O–H groups in total. The van der Waals surface area contributed by atoms with Crippen LogP contribution >= 0.6 is 0 Å². The minimum atomic E-state index is -3.69. The molecule has 0 spiro atoms. The molecule has 0 saturated carbocycles. The molecule has 1 saturated heterocycles. The van der Waals surface area contributed by atoms with Crippen LogP contribution in [0.4, 0.5) is 11.4 Å². The van der Waals surface area contributed by atoms with Crippen molar-refractivity contribution in [1.82, 2.24) is 0 Å². The first-order chi connectivity index (χ1) is 8.80. The number of nitrogen functional groups attached to an aromatic ring is 1. The van der Waals surface area contributed by atoms with Crippen LogP contribution in [0.1, 0.15) is 26.7 Å². The standard InChI is InChI=1S/C13H21N3O2S/c1-9(2)12-4-3-7-16(12)13-8-10(19(15,17)18)5-6-11(13)14/h5-6,8-9,12H,3-4,7,14H2,1-2H3,(H2,15,17,18). The van der Waals surface area contributed by atoms with E-state index in [1.54, 1.807) is 12.1 Å². The van der Waals surface area contributed by atoms with Crippen molar-refractivity contribution >= 4 is 21.4 Å². The van der Waals surface area contributed by atoms with Gasteiger partial charge in [0.15, 0.2) is 0 Å². The van der Waals surface area contributed by atoms with Crippen molar-refractivity contribution in [3.05, 3.63) is 18.2 Å². The maximum Gasteiger partial charge on any atom is 0.238 e. The van der Waals surface area contributed by atoms with Gasteiger partial charge in [-0.05, 0) is 37.0 Å². The number of primary sulfonamides is 1.